The molecule has 0 bridgehead atoms. The summed E-state index contributed by atoms with van der Waals surface area (Å²) >= 11 is 2.96. The Hall–Kier alpha value is -2.02. The van der Waals surface area contributed by atoms with E-state index < -0.39 is 0 Å². The third-order valence-corrected chi connectivity index (χ3v) is 6.28. The van der Waals surface area contributed by atoms with E-state index in [9.17, 15) is 4.79 Å². The number of carbonyl (C=O) groups is 1. The molecule has 0 aliphatic carbocycles. The maximum Gasteiger partial charge on any atom is 0.268 e. The second-order valence-electron chi connectivity index (χ2n) is 6.46. The average molecular weight is 384 g/mol. The number of carbonyl (C=O) groups excluding carboxylic acids is 1. The summed E-state index contributed by atoms with van der Waals surface area (Å²) in [5, 5.41) is 7.66. The molecule has 134 valence electrons. The topological polar surface area (TPSA) is 45.2 Å². The van der Waals surface area contributed by atoms with Crippen LogP contribution in [0.2, 0.25) is 0 Å². The molecule has 2 aromatic heterocycles. The first kappa shape index (κ1) is 17.4. The number of piperidine rings is 1. The Labute approximate surface area is 161 Å². The summed E-state index contributed by atoms with van der Waals surface area (Å²) in [7, 11) is 0. The molecule has 3 heterocycles. The molecule has 0 radical (unpaired) electrons. The van der Waals surface area contributed by atoms with Crippen molar-refractivity contribution in [2.45, 2.75) is 25.8 Å². The van der Waals surface area contributed by atoms with Crippen LogP contribution in [0, 0.1) is 0 Å². The Kier molecular flexibility index (Phi) is 5.43. The van der Waals surface area contributed by atoms with E-state index in [0.717, 1.165) is 41.3 Å². The van der Waals surface area contributed by atoms with Gasteiger partial charge in [-0.25, -0.2) is 4.98 Å². The quantitative estimate of drug-likeness (QED) is 0.666. The Morgan fingerprint density at radius 2 is 1.88 bits per heavy atom. The molecule has 26 heavy (non-hydrogen) atoms. The van der Waals surface area contributed by atoms with E-state index in [-0.39, 0.29) is 5.91 Å². The zero-order valence-corrected chi connectivity index (χ0v) is 16.1. The molecule has 0 atom stereocenters. The van der Waals surface area contributed by atoms with Gasteiger partial charge in [-0.15, -0.1) is 22.7 Å². The highest BCUT2D eigenvalue weighted by atomic mass is 32.1. The van der Waals surface area contributed by atoms with Crippen LogP contribution in [0.1, 0.15) is 34.6 Å². The van der Waals surface area contributed by atoms with Crippen molar-refractivity contribution >= 4 is 33.7 Å². The van der Waals surface area contributed by atoms with Crippen molar-refractivity contribution in [3.8, 4) is 11.1 Å². The summed E-state index contributed by atoms with van der Waals surface area (Å²) in [4.78, 5) is 20.5. The van der Waals surface area contributed by atoms with Crippen LogP contribution < -0.4 is 5.32 Å². The van der Waals surface area contributed by atoms with Gasteiger partial charge in [-0.1, -0.05) is 36.8 Å². The highest BCUT2D eigenvalue weighted by Crippen LogP contribution is 2.29. The number of amides is 1. The summed E-state index contributed by atoms with van der Waals surface area (Å²) in [5.41, 5.74) is 3.07. The van der Waals surface area contributed by atoms with Crippen molar-refractivity contribution in [2.75, 3.05) is 18.4 Å². The predicted molar refractivity (Wildman–Crippen MR) is 109 cm³/mol. The van der Waals surface area contributed by atoms with Crippen LogP contribution >= 0.6 is 22.7 Å². The van der Waals surface area contributed by atoms with Crippen LogP contribution in [0.5, 0.6) is 0 Å². The van der Waals surface area contributed by atoms with Gasteiger partial charge in [-0.2, -0.15) is 0 Å². The van der Waals surface area contributed by atoms with Gasteiger partial charge >= 0.3 is 0 Å². The highest BCUT2D eigenvalue weighted by Gasteiger charge is 2.17. The monoisotopic (exact) mass is 383 g/mol. The van der Waals surface area contributed by atoms with Gasteiger partial charge in [0.05, 0.1) is 5.69 Å². The Morgan fingerprint density at radius 1 is 1.08 bits per heavy atom. The van der Waals surface area contributed by atoms with Crippen molar-refractivity contribution < 1.29 is 4.79 Å². The van der Waals surface area contributed by atoms with Crippen molar-refractivity contribution in [1.29, 1.82) is 0 Å². The van der Waals surface area contributed by atoms with Crippen LogP contribution in [-0.4, -0.2) is 28.9 Å². The zero-order valence-electron chi connectivity index (χ0n) is 14.5. The normalized spacial score (nSPS) is 15.1. The van der Waals surface area contributed by atoms with E-state index in [0.29, 0.717) is 5.13 Å². The van der Waals surface area contributed by atoms with E-state index in [1.54, 1.807) is 0 Å². The standard InChI is InChI=1S/C20H21N3OS2/c24-19(18-17(9-12-25-18)15-7-3-1-4-8-15)22-20-21-16(14-26-20)13-23-10-5-2-6-11-23/h1,3-4,7-9,12,14H,2,5-6,10-11,13H2,(H,21,22,24). The summed E-state index contributed by atoms with van der Waals surface area (Å²) in [5.74, 6) is -0.0854. The average Bonchev–Trinajstić information content (AvgIpc) is 3.33. The summed E-state index contributed by atoms with van der Waals surface area (Å²) in [6.45, 7) is 3.17. The Balaban J connectivity index is 1.44. The molecule has 1 aliphatic heterocycles. The van der Waals surface area contributed by atoms with Crippen molar-refractivity contribution in [3.05, 3.63) is 57.7 Å². The SMILES string of the molecule is O=C(Nc1nc(CN2CCCCC2)cs1)c1sccc1-c1ccccc1. The first-order valence-electron chi connectivity index (χ1n) is 8.90. The first-order chi connectivity index (χ1) is 12.8. The molecular weight excluding hydrogens is 362 g/mol. The Morgan fingerprint density at radius 3 is 2.69 bits per heavy atom. The van der Waals surface area contributed by atoms with Gasteiger partial charge < -0.3 is 0 Å². The van der Waals surface area contributed by atoms with E-state index in [1.165, 1.54) is 41.9 Å². The molecule has 6 heteroatoms. The molecule has 3 aromatic rings. The predicted octanol–water partition coefficient (Wildman–Crippen LogP) is 5.11. The number of anilines is 1. The lowest BCUT2D eigenvalue weighted by Crippen LogP contribution is -2.29. The minimum atomic E-state index is -0.0854. The van der Waals surface area contributed by atoms with E-state index in [1.807, 2.05) is 41.8 Å². The van der Waals surface area contributed by atoms with Gasteiger partial charge in [-0.3, -0.25) is 15.0 Å². The van der Waals surface area contributed by atoms with Crippen LogP contribution in [0.4, 0.5) is 5.13 Å². The molecule has 1 fully saturated rings. The van der Waals surface area contributed by atoms with Crippen molar-refractivity contribution in [3.63, 3.8) is 0 Å². The van der Waals surface area contributed by atoms with Gasteiger partial charge in [0.15, 0.2) is 5.13 Å². The molecular formula is C20H21N3OS2. The lowest BCUT2D eigenvalue weighted by molar-refractivity contribution is 0.103. The highest BCUT2D eigenvalue weighted by molar-refractivity contribution is 7.14. The summed E-state index contributed by atoms with van der Waals surface area (Å²) < 4.78 is 0. The summed E-state index contributed by atoms with van der Waals surface area (Å²) in [6, 6.07) is 12.0. The minimum absolute atomic E-state index is 0.0854. The number of hydrogen-bond acceptors (Lipinski definition) is 5. The molecule has 1 saturated heterocycles. The molecule has 1 aliphatic rings. The molecule has 0 spiro atoms. The fourth-order valence-corrected chi connectivity index (χ4v) is 4.78. The molecule has 1 aromatic carbocycles. The molecule has 0 saturated carbocycles. The Bertz CT molecular complexity index is 866. The maximum absolute atomic E-state index is 12.7. The zero-order chi connectivity index (χ0) is 17.8. The number of likely N-dealkylation sites (tertiary alicyclic amines) is 1. The van der Waals surface area contributed by atoms with Crippen LogP contribution in [-0.2, 0) is 6.54 Å². The third kappa shape index (κ3) is 4.03. The van der Waals surface area contributed by atoms with Crippen molar-refractivity contribution in [1.82, 2.24) is 9.88 Å². The largest absolute Gasteiger partial charge is 0.297 e. The van der Waals surface area contributed by atoms with Crippen molar-refractivity contribution in [2.24, 2.45) is 0 Å². The first-order valence-corrected chi connectivity index (χ1v) is 10.7. The molecule has 4 nitrogen and oxygen atoms in total. The van der Waals surface area contributed by atoms with Crippen LogP contribution in [0.15, 0.2) is 47.2 Å². The molecule has 4 rings (SSSR count). The van der Waals surface area contributed by atoms with Crippen LogP contribution in [0.3, 0.4) is 0 Å². The lowest BCUT2D eigenvalue weighted by Gasteiger charge is -2.25. The number of thiazole rings is 1. The number of benzene rings is 1. The fourth-order valence-electron chi connectivity index (χ4n) is 3.27. The number of hydrogen-bond donors (Lipinski definition) is 1. The number of thiophene rings is 1. The minimum Gasteiger partial charge on any atom is -0.297 e. The maximum atomic E-state index is 12.7. The number of nitrogens with one attached hydrogen (secondary N) is 1. The number of nitrogens with zero attached hydrogens (tertiary/aromatic N) is 2. The molecule has 1 amide bonds. The fraction of sp³-hybridized carbons (Fsp3) is 0.300. The number of rotatable bonds is 5. The number of aromatic nitrogens is 1. The molecule has 0 unspecified atom stereocenters. The lowest BCUT2D eigenvalue weighted by atomic mass is 10.1. The smallest absolute Gasteiger partial charge is 0.268 e. The second kappa shape index (κ2) is 8.12. The van der Waals surface area contributed by atoms with Gasteiger partial charge in [-0.05, 0) is 42.9 Å². The van der Waals surface area contributed by atoms with E-state index in [4.69, 9.17) is 0 Å². The van der Waals surface area contributed by atoms with Gasteiger partial charge in [0.25, 0.3) is 5.91 Å². The third-order valence-electron chi connectivity index (χ3n) is 4.56. The van der Waals surface area contributed by atoms with Gasteiger partial charge in [0, 0.05) is 17.5 Å². The molecule has 1 N–H and O–H groups in total. The van der Waals surface area contributed by atoms with Gasteiger partial charge in [0.1, 0.15) is 4.88 Å². The van der Waals surface area contributed by atoms with Gasteiger partial charge in [0.2, 0.25) is 0 Å². The van der Waals surface area contributed by atoms with Crippen LogP contribution in [0.25, 0.3) is 11.1 Å². The van der Waals surface area contributed by atoms with E-state index >= 15 is 0 Å². The summed E-state index contributed by atoms with van der Waals surface area (Å²) in [6.07, 6.45) is 3.88. The van der Waals surface area contributed by atoms with E-state index in [2.05, 4.69) is 20.6 Å². The second-order valence-corrected chi connectivity index (χ2v) is 8.24.